The fraction of sp³-hybridized carbons (Fsp3) is 0.167. The summed E-state index contributed by atoms with van der Waals surface area (Å²) in [7, 11) is 0. The Morgan fingerprint density at radius 1 is 0.950 bits per heavy atom. The highest BCUT2D eigenvalue weighted by Crippen LogP contribution is 2.46. The van der Waals surface area contributed by atoms with Crippen molar-refractivity contribution in [1.82, 2.24) is 4.90 Å². The van der Waals surface area contributed by atoms with Gasteiger partial charge < -0.3 is 4.90 Å². The van der Waals surface area contributed by atoms with Gasteiger partial charge in [-0.2, -0.15) is 0 Å². The first-order valence-corrected chi connectivity index (χ1v) is 7.03. The molecule has 0 unspecified atom stereocenters. The van der Waals surface area contributed by atoms with Crippen LogP contribution in [0, 0.1) is 0 Å². The van der Waals surface area contributed by atoms with E-state index >= 15 is 0 Å². The molecule has 2 heterocycles. The largest absolute Gasteiger partial charge is 0.300 e. The number of carbonyl (C=O) groups is 1. The molecule has 2 nitrogen and oxygen atoms in total. The fourth-order valence-corrected chi connectivity index (χ4v) is 3.28. The van der Waals surface area contributed by atoms with Crippen LogP contribution in [0.5, 0.6) is 0 Å². The first-order chi connectivity index (χ1) is 9.86. The summed E-state index contributed by atoms with van der Waals surface area (Å²) < 4.78 is 0. The van der Waals surface area contributed by atoms with Crippen molar-refractivity contribution in [3.05, 3.63) is 77.4 Å². The molecule has 1 amide bonds. The van der Waals surface area contributed by atoms with Crippen LogP contribution in [0.2, 0.25) is 0 Å². The van der Waals surface area contributed by atoms with Gasteiger partial charge in [-0.3, -0.25) is 4.79 Å². The number of carbonyl (C=O) groups excluding carboxylic acids is 1. The van der Waals surface area contributed by atoms with Crippen LogP contribution in [0.4, 0.5) is 0 Å². The summed E-state index contributed by atoms with van der Waals surface area (Å²) in [5.74, 6) is 0.229. The summed E-state index contributed by atoms with van der Waals surface area (Å²) >= 11 is 0. The summed E-state index contributed by atoms with van der Waals surface area (Å²) in [5.41, 5.74) is 4.71. The van der Waals surface area contributed by atoms with Gasteiger partial charge in [-0.05, 0) is 17.5 Å². The van der Waals surface area contributed by atoms with Gasteiger partial charge in [0, 0.05) is 17.7 Å². The normalized spacial score (nSPS) is 20.4. The predicted octanol–water partition coefficient (Wildman–Crippen LogP) is 3.75. The number of rotatable bonds is 1. The first kappa shape index (κ1) is 11.5. The monoisotopic (exact) mass is 261 g/mol. The third kappa shape index (κ3) is 1.54. The Kier molecular flexibility index (Phi) is 2.49. The fourth-order valence-electron chi connectivity index (χ4n) is 3.28. The average molecular weight is 261 g/mol. The van der Waals surface area contributed by atoms with Gasteiger partial charge in [0.2, 0.25) is 5.91 Å². The van der Waals surface area contributed by atoms with E-state index in [-0.39, 0.29) is 11.9 Å². The number of fused-ring (bicyclic) bond motifs is 3. The second-order valence-corrected chi connectivity index (χ2v) is 5.29. The summed E-state index contributed by atoms with van der Waals surface area (Å²) in [5, 5.41) is 0. The van der Waals surface area contributed by atoms with Crippen LogP contribution in [0.25, 0.3) is 5.70 Å². The minimum Gasteiger partial charge on any atom is -0.300 e. The van der Waals surface area contributed by atoms with Crippen LogP contribution in [-0.2, 0) is 4.79 Å². The lowest BCUT2D eigenvalue weighted by molar-refractivity contribution is -0.129. The SMILES string of the molecule is O=C1CCC=C2c3ccccc3[C@H](c3ccccc3)N12. The van der Waals surface area contributed by atoms with Crippen molar-refractivity contribution in [3.63, 3.8) is 0 Å². The molecular formula is C18H15NO. The maximum absolute atomic E-state index is 12.4. The molecule has 20 heavy (non-hydrogen) atoms. The molecule has 1 atom stereocenters. The second-order valence-electron chi connectivity index (χ2n) is 5.29. The maximum atomic E-state index is 12.4. The van der Waals surface area contributed by atoms with Crippen molar-refractivity contribution >= 4 is 11.6 Å². The molecule has 0 bridgehead atoms. The Balaban J connectivity index is 1.95. The van der Waals surface area contributed by atoms with Gasteiger partial charge in [-0.15, -0.1) is 0 Å². The standard InChI is InChI=1S/C18H15NO/c20-17-12-6-11-16-14-9-4-5-10-15(14)18(19(16)17)13-7-2-1-3-8-13/h1-5,7-11,18H,6,12H2/t18-/m0/s1. The third-order valence-electron chi connectivity index (χ3n) is 4.13. The molecule has 2 aromatic carbocycles. The van der Waals surface area contributed by atoms with E-state index in [1.807, 2.05) is 29.2 Å². The molecule has 0 aliphatic carbocycles. The zero-order chi connectivity index (χ0) is 13.5. The second kappa shape index (κ2) is 4.34. The van der Waals surface area contributed by atoms with Crippen molar-refractivity contribution in [1.29, 1.82) is 0 Å². The first-order valence-electron chi connectivity index (χ1n) is 7.03. The Morgan fingerprint density at radius 3 is 2.55 bits per heavy atom. The van der Waals surface area contributed by atoms with Crippen LogP contribution in [0.1, 0.15) is 35.6 Å². The smallest absolute Gasteiger partial charge is 0.228 e. The number of hydrogen-bond donors (Lipinski definition) is 0. The van der Waals surface area contributed by atoms with E-state index in [4.69, 9.17) is 0 Å². The molecule has 0 N–H and O–H groups in total. The van der Waals surface area contributed by atoms with Gasteiger partial charge in [0.05, 0.1) is 6.04 Å². The number of hydrogen-bond acceptors (Lipinski definition) is 1. The van der Waals surface area contributed by atoms with E-state index in [2.05, 4.69) is 36.4 Å². The van der Waals surface area contributed by atoms with Gasteiger partial charge >= 0.3 is 0 Å². The molecule has 2 aromatic rings. The number of benzene rings is 2. The maximum Gasteiger partial charge on any atom is 0.228 e. The van der Waals surface area contributed by atoms with Crippen LogP contribution in [0.15, 0.2) is 60.7 Å². The minimum atomic E-state index is 0.0337. The van der Waals surface area contributed by atoms with Crippen molar-refractivity contribution < 1.29 is 4.79 Å². The van der Waals surface area contributed by atoms with Crippen LogP contribution < -0.4 is 0 Å². The van der Waals surface area contributed by atoms with Crippen LogP contribution in [0.3, 0.4) is 0 Å². The Bertz CT molecular complexity index is 702. The molecule has 0 radical (unpaired) electrons. The molecule has 0 aromatic heterocycles. The Morgan fingerprint density at radius 2 is 1.70 bits per heavy atom. The Labute approximate surface area is 118 Å². The molecule has 98 valence electrons. The van der Waals surface area contributed by atoms with Crippen LogP contribution in [-0.4, -0.2) is 10.8 Å². The third-order valence-corrected chi connectivity index (χ3v) is 4.13. The highest BCUT2D eigenvalue weighted by molar-refractivity contribution is 5.93. The number of nitrogens with zero attached hydrogens (tertiary/aromatic N) is 1. The van der Waals surface area contributed by atoms with E-state index in [0.717, 1.165) is 12.1 Å². The zero-order valence-electron chi connectivity index (χ0n) is 11.1. The van der Waals surface area contributed by atoms with E-state index in [1.165, 1.54) is 16.7 Å². The van der Waals surface area contributed by atoms with Crippen molar-refractivity contribution in [2.75, 3.05) is 0 Å². The van der Waals surface area contributed by atoms with Gasteiger partial charge in [0.15, 0.2) is 0 Å². The van der Waals surface area contributed by atoms with Crippen molar-refractivity contribution in [3.8, 4) is 0 Å². The van der Waals surface area contributed by atoms with Crippen molar-refractivity contribution in [2.24, 2.45) is 0 Å². The molecular weight excluding hydrogens is 246 g/mol. The highest BCUT2D eigenvalue weighted by Gasteiger charge is 2.39. The highest BCUT2D eigenvalue weighted by atomic mass is 16.2. The molecule has 0 spiro atoms. The topological polar surface area (TPSA) is 20.3 Å². The molecule has 2 heteroatoms. The van der Waals surface area contributed by atoms with Gasteiger partial charge in [0.25, 0.3) is 0 Å². The summed E-state index contributed by atoms with van der Waals surface area (Å²) in [6, 6.07) is 18.7. The molecule has 0 saturated heterocycles. The molecule has 4 rings (SSSR count). The number of allylic oxidation sites excluding steroid dienone is 1. The molecule has 2 aliphatic rings. The molecule has 0 saturated carbocycles. The zero-order valence-corrected chi connectivity index (χ0v) is 11.1. The van der Waals surface area contributed by atoms with E-state index in [9.17, 15) is 4.79 Å². The lowest BCUT2D eigenvalue weighted by atomic mass is 9.98. The van der Waals surface area contributed by atoms with Gasteiger partial charge in [-0.1, -0.05) is 60.7 Å². The van der Waals surface area contributed by atoms with E-state index < -0.39 is 0 Å². The van der Waals surface area contributed by atoms with E-state index in [0.29, 0.717) is 6.42 Å². The predicted molar refractivity (Wildman–Crippen MR) is 78.8 cm³/mol. The lowest BCUT2D eigenvalue weighted by Gasteiger charge is -2.29. The average Bonchev–Trinajstić information content (AvgIpc) is 2.84. The molecule has 0 fully saturated rings. The quantitative estimate of drug-likeness (QED) is 0.765. The summed E-state index contributed by atoms with van der Waals surface area (Å²) in [6.07, 6.45) is 3.66. The summed E-state index contributed by atoms with van der Waals surface area (Å²) in [4.78, 5) is 14.4. The van der Waals surface area contributed by atoms with Crippen molar-refractivity contribution in [2.45, 2.75) is 18.9 Å². The number of amides is 1. The summed E-state index contributed by atoms with van der Waals surface area (Å²) in [6.45, 7) is 0. The minimum absolute atomic E-state index is 0.0337. The lowest BCUT2D eigenvalue weighted by Crippen LogP contribution is -2.31. The van der Waals surface area contributed by atoms with Gasteiger partial charge in [0.1, 0.15) is 0 Å². The van der Waals surface area contributed by atoms with Crippen LogP contribution >= 0.6 is 0 Å². The Hall–Kier alpha value is -2.35. The van der Waals surface area contributed by atoms with E-state index in [1.54, 1.807) is 0 Å². The van der Waals surface area contributed by atoms with Gasteiger partial charge in [-0.25, -0.2) is 0 Å². The molecule has 2 aliphatic heterocycles.